The smallest absolute Gasteiger partial charge is 0.353 e. The molecule has 0 amide bonds. The second kappa shape index (κ2) is 19.3. The van der Waals surface area contributed by atoms with Crippen LogP contribution in [0.15, 0.2) is 79.9 Å². The van der Waals surface area contributed by atoms with E-state index < -0.39 is 11.9 Å². The van der Waals surface area contributed by atoms with Gasteiger partial charge in [-0.2, -0.15) is 0 Å². The number of ether oxygens (including phenoxy) is 2. The van der Waals surface area contributed by atoms with Crippen molar-refractivity contribution in [2.45, 2.75) is 88.5 Å². The van der Waals surface area contributed by atoms with Crippen molar-refractivity contribution in [1.29, 1.82) is 0 Å². The van der Waals surface area contributed by atoms with Crippen LogP contribution in [-0.2, 0) is 0 Å². The monoisotopic (exact) mass is 720 g/mol. The molecule has 0 aliphatic rings. The Morgan fingerprint density at radius 1 is 0.571 bits per heavy atom. The van der Waals surface area contributed by atoms with Crippen LogP contribution in [0, 0.1) is 0 Å². The van der Waals surface area contributed by atoms with Gasteiger partial charge in [0.05, 0.1) is 0 Å². The van der Waals surface area contributed by atoms with Gasteiger partial charge in [0.2, 0.25) is 11.8 Å². The van der Waals surface area contributed by atoms with Crippen molar-refractivity contribution in [1.82, 2.24) is 20.4 Å². The molecule has 0 saturated carbocycles. The fraction of sp³-hybridized carbons (Fsp3) is 0.389. The lowest BCUT2D eigenvalue weighted by molar-refractivity contribution is 0.0732. The highest BCUT2D eigenvalue weighted by atomic mass is 32.2. The first kappa shape index (κ1) is 36.3. The van der Waals surface area contributed by atoms with Gasteiger partial charge in [-0.25, -0.2) is 9.59 Å². The molecule has 49 heavy (non-hydrogen) atoms. The van der Waals surface area contributed by atoms with E-state index in [9.17, 15) is 9.59 Å². The Hall–Kier alpha value is -3.94. The van der Waals surface area contributed by atoms with Gasteiger partial charge in [-0.15, -0.1) is 31.7 Å². The molecule has 0 N–H and O–H groups in total. The maximum atomic E-state index is 12.8. The van der Waals surface area contributed by atoms with Crippen molar-refractivity contribution in [3.63, 3.8) is 0 Å². The summed E-state index contributed by atoms with van der Waals surface area (Å²) in [6, 6.07) is 16.7. The molecule has 5 rings (SSSR count). The number of esters is 2. The van der Waals surface area contributed by atoms with Crippen LogP contribution in [0.25, 0.3) is 22.9 Å². The first-order chi connectivity index (χ1) is 24.0. The van der Waals surface area contributed by atoms with Crippen molar-refractivity contribution >= 4 is 46.8 Å². The van der Waals surface area contributed by atoms with E-state index in [0.717, 1.165) is 46.8 Å². The van der Waals surface area contributed by atoms with Crippen LogP contribution in [0.3, 0.4) is 0 Å². The fourth-order valence-corrected chi connectivity index (χ4v) is 6.98. The second-order valence-corrected chi connectivity index (χ2v) is 14.4. The number of benzene rings is 2. The van der Waals surface area contributed by atoms with E-state index in [4.69, 9.17) is 18.3 Å². The quantitative estimate of drug-likeness (QED) is 0.0328. The summed E-state index contributed by atoms with van der Waals surface area (Å²) in [7, 11) is 0. The summed E-state index contributed by atoms with van der Waals surface area (Å²) in [5.41, 5.74) is 1.45. The van der Waals surface area contributed by atoms with Crippen LogP contribution in [0.2, 0.25) is 0 Å². The molecule has 13 heteroatoms. The SMILES string of the molecule is CCCCCCCSc1nnc(-c2ccc(OC(=O)c3ccc(C(=O)Oc4ccc(-c5nnc(SCCCCCCC)o5)cc4)s3)cc2)o1. The molecule has 0 fully saturated rings. The average Bonchev–Trinajstić information content (AvgIpc) is 3.91. The van der Waals surface area contributed by atoms with Crippen molar-refractivity contribution < 1.29 is 27.9 Å². The molecule has 0 radical (unpaired) electrons. The minimum atomic E-state index is -0.579. The van der Waals surface area contributed by atoms with Crippen LogP contribution in [0.5, 0.6) is 11.5 Å². The number of carbonyl (C=O) groups is 2. The molecule has 2 aromatic carbocycles. The average molecular weight is 721 g/mol. The summed E-state index contributed by atoms with van der Waals surface area (Å²) in [6.45, 7) is 4.41. The van der Waals surface area contributed by atoms with Crippen molar-refractivity contribution in [3.8, 4) is 34.4 Å². The summed E-state index contributed by atoms with van der Waals surface area (Å²) in [4.78, 5) is 26.2. The standard InChI is InChI=1S/C36H40N4O6S3/c1-3-5-7-9-11-23-47-35-39-37-31(45-35)25-13-17-27(18-14-25)43-33(41)29-21-22-30(49-29)34(42)44-28-19-15-26(16-20-28)32-38-40-36(46-32)48-24-12-10-8-6-4-2/h13-22H,3-12,23-24H2,1-2H3. The highest BCUT2D eigenvalue weighted by Crippen LogP contribution is 2.28. The maximum absolute atomic E-state index is 12.8. The molecule has 3 heterocycles. The third kappa shape index (κ3) is 11.3. The van der Waals surface area contributed by atoms with Gasteiger partial charge in [0, 0.05) is 22.6 Å². The first-order valence-electron chi connectivity index (χ1n) is 16.7. The third-order valence-corrected chi connectivity index (χ3v) is 10.2. The number of nitrogens with zero attached hydrogens (tertiary/aromatic N) is 4. The molecule has 258 valence electrons. The van der Waals surface area contributed by atoms with Gasteiger partial charge in [0.1, 0.15) is 21.3 Å². The molecule has 10 nitrogen and oxygen atoms in total. The van der Waals surface area contributed by atoms with E-state index in [1.165, 1.54) is 51.4 Å². The Bertz CT molecular complexity index is 1620. The van der Waals surface area contributed by atoms with Crippen LogP contribution >= 0.6 is 34.9 Å². The van der Waals surface area contributed by atoms with E-state index in [0.29, 0.717) is 33.7 Å². The zero-order valence-corrected chi connectivity index (χ0v) is 30.2. The zero-order chi connectivity index (χ0) is 34.3. The fourth-order valence-electron chi connectivity index (χ4n) is 4.70. The lowest BCUT2D eigenvalue weighted by atomic mass is 10.2. The summed E-state index contributed by atoms with van der Waals surface area (Å²) >= 11 is 4.12. The molecule has 0 atom stereocenters. The molecule has 0 aliphatic heterocycles. The normalized spacial score (nSPS) is 11.1. The van der Waals surface area contributed by atoms with E-state index in [-0.39, 0.29) is 9.75 Å². The number of carbonyl (C=O) groups excluding carboxylic acids is 2. The predicted octanol–water partition coefficient (Wildman–Crippen LogP) is 10.4. The lowest BCUT2D eigenvalue weighted by Gasteiger charge is -2.04. The highest BCUT2D eigenvalue weighted by molar-refractivity contribution is 7.99. The topological polar surface area (TPSA) is 130 Å². The zero-order valence-electron chi connectivity index (χ0n) is 27.7. The van der Waals surface area contributed by atoms with Gasteiger partial charge in [-0.1, -0.05) is 88.7 Å². The summed E-state index contributed by atoms with van der Waals surface area (Å²) in [6.07, 6.45) is 12.1. The van der Waals surface area contributed by atoms with Crippen molar-refractivity contribution in [2.75, 3.05) is 11.5 Å². The van der Waals surface area contributed by atoms with Gasteiger partial charge in [0.15, 0.2) is 0 Å². The molecular formula is C36H40N4O6S3. The molecule has 5 aromatic rings. The Labute approximate surface area is 298 Å². The Balaban J connectivity index is 1.07. The minimum absolute atomic E-state index is 0.269. The number of unbranched alkanes of at least 4 members (excludes halogenated alkanes) is 8. The highest BCUT2D eigenvalue weighted by Gasteiger charge is 2.18. The lowest BCUT2D eigenvalue weighted by Crippen LogP contribution is -2.07. The summed E-state index contributed by atoms with van der Waals surface area (Å²) in [5, 5.41) is 17.6. The van der Waals surface area contributed by atoms with E-state index >= 15 is 0 Å². The number of rotatable bonds is 20. The largest absolute Gasteiger partial charge is 0.422 e. The molecule has 0 bridgehead atoms. The van der Waals surface area contributed by atoms with Gasteiger partial charge < -0.3 is 18.3 Å². The maximum Gasteiger partial charge on any atom is 0.353 e. The van der Waals surface area contributed by atoms with Crippen LogP contribution in [-0.4, -0.2) is 43.8 Å². The van der Waals surface area contributed by atoms with Crippen molar-refractivity contribution in [2.24, 2.45) is 0 Å². The Morgan fingerprint density at radius 3 is 1.39 bits per heavy atom. The number of thioether (sulfide) groups is 2. The predicted molar refractivity (Wildman–Crippen MR) is 193 cm³/mol. The molecule has 0 spiro atoms. The van der Waals surface area contributed by atoms with Crippen LogP contribution < -0.4 is 9.47 Å². The number of thiophene rings is 1. The van der Waals surface area contributed by atoms with E-state index in [2.05, 4.69) is 34.2 Å². The van der Waals surface area contributed by atoms with E-state index in [1.54, 1.807) is 84.2 Å². The van der Waals surface area contributed by atoms with Gasteiger partial charge in [-0.3, -0.25) is 0 Å². The van der Waals surface area contributed by atoms with Crippen molar-refractivity contribution in [3.05, 3.63) is 70.4 Å². The molecular weight excluding hydrogens is 681 g/mol. The van der Waals surface area contributed by atoms with Crippen LogP contribution in [0.4, 0.5) is 0 Å². The minimum Gasteiger partial charge on any atom is -0.422 e. The number of aromatic nitrogens is 4. The molecule has 3 aromatic heterocycles. The summed E-state index contributed by atoms with van der Waals surface area (Å²) < 4.78 is 22.6. The Morgan fingerprint density at radius 2 is 0.980 bits per heavy atom. The van der Waals surface area contributed by atoms with Gasteiger partial charge >= 0.3 is 11.9 Å². The summed E-state index contributed by atoms with van der Waals surface area (Å²) in [5.74, 6) is 2.24. The van der Waals surface area contributed by atoms with Gasteiger partial charge in [-0.05, 0) is 73.5 Å². The molecule has 0 unspecified atom stereocenters. The third-order valence-electron chi connectivity index (χ3n) is 7.39. The second-order valence-electron chi connectivity index (χ2n) is 11.3. The first-order valence-corrected chi connectivity index (χ1v) is 19.5. The molecule has 0 aliphatic carbocycles. The van der Waals surface area contributed by atoms with Crippen LogP contribution in [0.1, 0.15) is 97.4 Å². The number of hydrogen-bond acceptors (Lipinski definition) is 13. The van der Waals surface area contributed by atoms with E-state index in [1.807, 2.05) is 0 Å². The molecule has 0 saturated heterocycles. The Kier molecular flexibility index (Phi) is 14.3. The number of hydrogen-bond donors (Lipinski definition) is 0. The van der Waals surface area contributed by atoms with Gasteiger partial charge in [0.25, 0.3) is 10.4 Å².